The number of anilines is 1. The van der Waals surface area contributed by atoms with E-state index in [-0.39, 0.29) is 17.8 Å². The Kier molecular flexibility index (Phi) is 7.84. The van der Waals surface area contributed by atoms with Crippen molar-refractivity contribution in [3.8, 4) is 11.1 Å². The number of carbonyl (C=O) groups is 2. The van der Waals surface area contributed by atoms with Crippen LogP contribution in [0.5, 0.6) is 0 Å². The number of unbranched alkanes of at least 4 members (excludes halogenated alkanes) is 1. The Morgan fingerprint density at radius 2 is 1.65 bits per heavy atom. The number of carbonyl (C=O) groups excluding carboxylic acids is 2. The van der Waals surface area contributed by atoms with Crippen molar-refractivity contribution in [2.24, 2.45) is 0 Å². The molecule has 1 aliphatic heterocycles. The number of likely N-dealkylation sites (tertiary alicyclic amines) is 1. The van der Waals surface area contributed by atoms with Crippen molar-refractivity contribution in [2.75, 3.05) is 31.9 Å². The van der Waals surface area contributed by atoms with Crippen LogP contribution < -0.4 is 16.4 Å². The number of amides is 2. The number of nitrogen functional groups attached to an aromatic ring is 1. The van der Waals surface area contributed by atoms with E-state index in [0.717, 1.165) is 61.2 Å². The number of piperidine rings is 1. The highest BCUT2D eigenvalue weighted by Gasteiger charge is 2.49. The number of nitrogens with zero attached hydrogens (tertiary/aromatic N) is 2. The molecule has 40 heavy (non-hydrogen) atoms. The van der Waals surface area contributed by atoms with Crippen molar-refractivity contribution < 1.29 is 22.8 Å². The van der Waals surface area contributed by atoms with Crippen LogP contribution in [-0.4, -0.2) is 65.3 Å². The highest BCUT2D eigenvalue weighted by molar-refractivity contribution is 6.00. The molecular formula is C29H33F3N6O2. The number of aromatic nitrogens is 2. The third-order valence-corrected chi connectivity index (χ3v) is 8.01. The summed E-state index contributed by atoms with van der Waals surface area (Å²) in [5.74, 6) is -0.611. The van der Waals surface area contributed by atoms with E-state index >= 15 is 0 Å². The molecule has 5 rings (SSSR count). The molecule has 0 radical (unpaired) electrons. The molecule has 8 nitrogen and oxygen atoms in total. The van der Waals surface area contributed by atoms with Gasteiger partial charge in [0.2, 0.25) is 5.91 Å². The van der Waals surface area contributed by atoms with Crippen LogP contribution in [0.15, 0.2) is 54.7 Å². The summed E-state index contributed by atoms with van der Waals surface area (Å²) in [5, 5.41) is 11.6. The summed E-state index contributed by atoms with van der Waals surface area (Å²) in [6.45, 7) is 1.07. The van der Waals surface area contributed by atoms with E-state index in [0.29, 0.717) is 18.4 Å². The first-order valence-electron chi connectivity index (χ1n) is 13.6. The van der Waals surface area contributed by atoms with Crippen molar-refractivity contribution in [1.29, 1.82) is 0 Å². The van der Waals surface area contributed by atoms with Crippen molar-refractivity contribution >= 4 is 17.6 Å². The molecule has 5 N–H and O–H groups in total. The fourth-order valence-corrected chi connectivity index (χ4v) is 6.05. The molecule has 212 valence electrons. The number of nitrogens with two attached hydrogens (primary N) is 1. The standard InChI is InChI=1S/C29H33F3N6O2/c30-29(31,32)18-34-27(40)28(23-9-3-1-7-20(23)21-8-2-4-10-24(21)28)13-5-6-14-38-15-11-19(12-16-38)36-26(39)22-17-35-37-25(22)33/h1-4,7-10,17,19H,5-6,11-16,18H2,(H,34,40)(H,36,39)(H3,33,35,37). The molecule has 1 aliphatic carbocycles. The van der Waals surface area contributed by atoms with Gasteiger partial charge >= 0.3 is 6.18 Å². The maximum atomic E-state index is 13.6. The van der Waals surface area contributed by atoms with Crippen LogP contribution in [0.1, 0.15) is 53.6 Å². The van der Waals surface area contributed by atoms with Crippen LogP contribution in [-0.2, 0) is 10.2 Å². The molecule has 1 saturated heterocycles. The highest BCUT2D eigenvalue weighted by Crippen LogP contribution is 2.51. The molecule has 2 aromatic carbocycles. The molecule has 0 atom stereocenters. The molecule has 3 aromatic rings. The molecule has 0 spiro atoms. The normalized spacial score (nSPS) is 16.8. The SMILES string of the molecule is Nc1[nH]ncc1C(=O)NC1CCN(CCCCC2(C(=O)NCC(F)(F)F)c3ccccc3-c3ccccc32)CC1. The van der Waals surface area contributed by atoms with E-state index in [1.54, 1.807) is 0 Å². The second-order valence-corrected chi connectivity index (χ2v) is 10.5. The predicted molar refractivity (Wildman–Crippen MR) is 146 cm³/mol. The minimum atomic E-state index is -4.49. The summed E-state index contributed by atoms with van der Waals surface area (Å²) in [6, 6.07) is 15.1. The third kappa shape index (κ3) is 5.56. The Bertz CT molecular complexity index is 1320. The Labute approximate surface area is 230 Å². The van der Waals surface area contributed by atoms with Crippen molar-refractivity contribution in [2.45, 2.75) is 49.7 Å². The molecule has 2 heterocycles. The van der Waals surface area contributed by atoms with Gasteiger partial charge in [0.15, 0.2) is 0 Å². The molecule has 0 unspecified atom stereocenters. The number of hydrogen-bond acceptors (Lipinski definition) is 5. The van der Waals surface area contributed by atoms with Crippen LogP contribution in [0.2, 0.25) is 0 Å². The maximum absolute atomic E-state index is 13.6. The van der Waals surface area contributed by atoms with Gasteiger partial charge in [-0.2, -0.15) is 18.3 Å². The number of hydrogen-bond donors (Lipinski definition) is 4. The fraction of sp³-hybridized carbons (Fsp3) is 0.414. The summed E-state index contributed by atoms with van der Waals surface area (Å²) >= 11 is 0. The van der Waals surface area contributed by atoms with E-state index < -0.39 is 24.0 Å². The van der Waals surface area contributed by atoms with Crippen molar-refractivity contribution in [3.05, 3.63) is 71.4 Å². The van der Waals surface area contributed by atoms with E-state index in [1.165, 1.54) is 6.20 Å². The number of benzene rings is 2. The maximum Gasteiger partial charge on any atom is 0.405 e. The van der Waals surface area contributed by atoms with Gasteiger partial charge in [-0.3, -0.25) is 14.7 Å². The first-order valence-corrected chi connectivity index (χ1v) is 13.6. The molecule has 2 amide bonds. The molecular weight excluding hydrogens is 521 g/mol. The number of rotatable bonds is 9. The van der Waals surface area contributed by atoms with Gasteiger partial charge in [0.25, 0.3) is 5.91 Å². The van der Waals surface area contributed by atoms with Crippen LogP contribution >= 0.6 is 0 Å². The lowest BCUT2D eigenvalue weighted by atomic mass is 9.73. The number of H-pyrrole nitrogens is 1. The minimum absolute atomic E-state index is 0.0464. The third-order valence-electron chi connectivity index (χ3n) is 8.01. The molecule has 1 aromatic heterocycles. The molecule has 2 aliphatic rings. The number of alkyl halides is 3. The van der Waals surface area contributed by atoms with E-state index in [1.807, 2.05) is 48.5 Å². The second-order valence-electron chi connectivity index (χ2n) is 10.5. The topological polar surface area (TPSA) is 116 Å². The zero-order valence-corrected chi connectivity index (χ0v) is 22.1. The quantitative estimate of drug-likeness (QED) is 0.299. The van der Waals surface area contributed by atoms with Crippen molar-refractivity contribution in [1.82, 2.24) is 25.7 Å². The summed E-state index contributed by atoms with van der Waals surface area (Å²) in [7, 11) is 0. The molecule has 1 fully saturated rings. The number of aromatic amines is 1. The van der Waals surface area contributed by atoms with E-state index in [4.69, 9.17) is 5.73 Å². The average Bonchev–Trinajstić information content (AvgIpc) is 3.50. The summed E-state index contributed by atoms with van der Waals surface area (Å²) in [4.78, 5) is 28.3. The van der Waals surface area contributed by atoms with Gasteiger partial charge in [-0.1, -0.05) is 55.0 Å². The Morgan fingerprint density at radius 3 is 2.23 bits per heavy atom. The minimum Gasteiger partial charge on any atom is -0.383 e. The van der Waals surface area contributed by atoms with Crippen molar-refractivity contribution in [3.63, 3.8) is 0 Å². The molecule has 11 heteroatoms. The number of fused-ring (bicyclic) bond motifs is 3. The monoisotopic (exact) mass is 554 g/mol. The highest BCUT2D eigenvalue weighted by atomic mass is 19.4. The first-order chi connectivity index (χ1) is 19.2. The van der Waals surface area contributed by atoms with Gasteiger partial charge in [0.05, 0.1) is 6.20 Å². The number of nitrogens with one attached hydrogen (secondary N) is 3. The van der Waals surface area contributed by atoms with Gasteiger partial charge in [-0.25, -0.2) is 0 Å². The lowest BCUT2D eigenvalue weighted by Crippen LogP contribution is -2.47. The molecule has 0 bridgehead atoms. The molecule has 0 saturated carbocycles. The predicted octanol–water partition coefficient (Wildman–Crippen LogP) is 4.00. The summed E-state index contributed by atoms with van der Waals surface area (Å²) in [6.07, 6.45) is 0.382. The van der Waals surface area contributed by atoms with Gasteiger partial charge in [0, 0.05) is 19.1 Å². The van der Waals surface area contributed by atoms with Gasteiger partial charge in [-0.15, -0.1) is 0 Å². The van der Waals surface area contributed by atoms with Crippen LogP contribution in [0.3, 0.4) is 0 Å². The average molecular weight is 555 g/mol. The smallest absolute Gasteiger partial charge is 0.383 e. The Morgan fingerprint density at radius 1 is 1.02 bits per heavy atom. The first kappa shape index (κ1) is 27.7. The van der Waals surface area contributed by atoms with Gasteiger partial charge in [-0.05, 0) is 54.5 Å². The zero-order chi connectivity index (χ0) is 28.3. The lowest BCUT2D eigenvalue weighted by molar-refractivity contribution is -0.141. The zero-order valence-electron chi connectivity index (χ0n) is 22.1. The fourth-order valence-electron chi connectivity index (χ4n) is 6.05. The van der Waals surface area contributed by atoms with Gasteiger partial charge in [0.1, 0.15) is 23.3 Å². The van der Waals surface area contributed by atoms with Crippen LogP contribution in [0.25, 0.3) is 11.1 Å². The van der Waals surface area contributed by atoms with E-state index in [9.17, 15) is 22.8 Å². The van der Waals surface area contributed by atoms with Crippen LogP contribution in [0, 0.1) is 0 Å². The van der Waals surface area contributed by atoms with E-state index in [2.05, 4.69) is 25.7 Å². The van der Waals surface area contributed by atoms with Gasteiger partial charge < -0.3 is 21.3 Å². The van der Waals surface area contributed by atoms with Crippen LogP contribution in [0.4, 0.5) is 19.0 Å². The lowest BCUT2D eigenvalue weighted by Gasteiger charge is -2.33. The summed E-state index contributed by atoms with van der Waals surface area (Å²) in [5.41, 5.74) is 8.19. The number of halogens is 3. The largest absolute Gasteiger partial charge is 0.405 e. The Hall–Kier alpha value is -3.86. The second kappa shape index (κ2) is 11.3. The Balaban J connectivity index is 1.21. The summed E-state index contributed by atoms with van der Waals surface area (Å²) < 4.78 is 39.2.